The second kappa shape index (κ2) is 3.56. The van der Waals surface area contributed by atoms with Crippen LogP contribution in [0.25, 0.3) is 0 Å². The summed E-state index contributed by atoms with van der Waals surface area (Å²) in [6.45, 7) is 5.00. The monoisotopic (exact) mass is 153 g/mol. The second-order valence-electron chi connectivity index (χ2n) is 3.19. The van der Waals surface area contributed by atoms with Crippen LogP contribution in [0.2, 0.25) is 0 Å². The number of carbonyl (C=O) groups excluding carboxylic acids is 1. The maximum Gasteiger partial charge on any atom is 0.224 e. The largest absolute Gasteiger partial charge is 0.356 e. The molecule has 0 unspecified atom stereocenters. The van der Waals surface area contributed by atoms with Crippen LogP contribution in [0.3, 0.4) is 0 Å². The fourth-order valence-electron chi connectivity index (χ4n) is 1.25. The molecule has 1 aliphatic heterocycles. The van der Waals surface area contributed by atoms with Crippen molar-refractivity contribution in [1.82, 2.24) is 5.32 Å². The molecule has 0 aromatic carbocycles. The van der Waals surface area contributed by atoms with Gasteiger partial charge in [-0.25, -0.2) is 0 Å². The summed E-state index contributed by atoms with van der Waals surface area (Å²) in [7, 11) is 0. The molecule has 0 aromatic heterocycles. The van der Waals surface area contributed by atoms with Crippen LogP contribution in [0.4, 0.5) is 0 Å². The normalized spacial score (nSPS) is 27.3. The van der Waals surface area contributed by atoms with Gasteiger partial charge in [-0.1, -0.05) is 11.1 Å². The number of carbonyl (C=O) groups is 1. The Morgan fingerprint density at radius 2 is 2.00 bits per heavy atom. The van der Waals surface area contributed by atoms with Crippen LogP contribution in [-0.4, -0.2) is 12.5 Å². The molecule has 1 aliphatic rings. The van der Waals surface area contributed by atoms with Crippen LogP contribution >= 0.6 is 0 Å². The molecule has 0 aromatic rings. The van der Waals surface area contributed by atoms with E-state index in [1.54, 1.807) is 0 Å². The Labute approximate surface area is 67.7 Å². The lowest BCUT2D eigenvalue weighted by molar-refractivity contribution is -0.120. The number of hydrogen-bond donors (Lipinski definition) is 1. The summed E-state index contributed by atoms with van der Waals surface area (Å²) in [4.78, 5) is 11.0. The molecule has 62 valence electrons. The smallest absolute Gasteiger partial charge is 0.224 e. The molecular formula is C9H15NO. The molecule has 0 saturated heterocycles. The van der Waals surface area contributed by atoms with Gasteiger partial charge in [0.25, 0.3) is 0 Å². The summed E-state index contributed by atoms with van der Waals surface area (Å²) in [6.07, 6.45) is 2.80. The van der Waals surface area contributed by atoms with Gasteiger partial charge in [0, 0.05) is 13.0 Å². The molecule has 2 nitrogen and oxygen atoms in total. The molecule has 1 amide bonds. The highest BCUT2D eigenvalue weighted by Gasteiger charge is 2.07. The van der Waals surface area contributed by atoms with Gasteiger partial charge in [0.15, 0.2) is 0 Å². The van der Waals surface area contributed by atoms with E-state index in [1.165, 1.54) is 11.1 Å². The standard InChI is InChI=1S/C9H15NO/c1-7-4-3-5-10-9(11)6-8(7)2/h3-6H2,1-2H3,(H,10,11)/b8-7-. The van der Waals surface area contributed by atoms with Gasteiger partial charge in [0.1, 0.15) is 0 Å². The Morgan fingerprint density at radius 3 is 2.73 bits per heavy atom. The van der Waals surface area contributed by atoms with E-state index in [9.17, 15) is 4.79 Å². The highest BCUT2D eigenvalue weighted by atomic mass is 16.1. The van der Waals surface area contributed by atoms with Crippen molar-refractivity contribution < 1.29 is 4.79 Å². The number of amides is 1. The van der Waals surface area contributed by atoms with Gasteiger partial charge in [0.2, 0.25) is 5.91 Å². The molecule has 1 N–H and O–H groups in total. The molecule has 0 spiro atoms. The van der Waals surface area contributed by atoms with Crippen LogP contribution in [-0.2, 0) is 4.79 Å². The van der Waals surface area contributed by atoms with Gasteiger partial charge < -0.3 is 5.32 Å². The molecule has 0 saturated carbocycles. The van der Waals surface area contributed by atoms with E-state index in [4.69, 9.17) is 0 Å². The fourth-order valence-corrected chi connectivity index (χ4v) is 1.25. The van der Waals surface area contributed by atoms with E-state index >= 15 is 0 Å². The third-order valence-corrected chi connectivity index (χ3v) is 2.20. The van der Waals surface area contributed by atoms with Crippen molar-refractivity contribution >= 4 is 5.91 Å². The third-order valence-electron chi connectivity index (χ3n) is 2.20. The van der Waals surface area contributed by atoms with E-state index in [0.717, 1.165) is 19.4 Å². The van der Waals surface area contributed by atoms with E-state index in [2.05, 4.69) is 12.2 Å². The quantitative estimate of drug-likeness (QED) is 0.526. The van der Waals surface area contributed by atoms with Crippen LogP contribution in [0.5, 0.6) is 0 Å². The molecule has 0 fully saturated rings. The summed E-state index contributed by atoms with van der Waals surface area (Å²) in [6, 6.07) is 0. The Kier molecular flexibility index (Phi) is 2.69. The van der Waals surface area contributed by atoms with Gasteiger partial charge in [-0.3, -0.25) is 4.79 Å². The first-order valence-electron chi connectivity index (χ1n) is 4.12. The van der Waals surface area contributed by atoms with E-state index in [-0.39, 0.29) is 5.91 Å². The second-order valence-corrected chi connectivity index (χ2v) is 3.19. The zero-order valence-corrected chi connectivity index (χ0v) is 7.24. The highest BCUT2D eigenvalue weighted by molar-refractivity contribution is 5.78. The predicted octanol–water partition coefficient (Wildman–Crippen LogP) is 1.62. The average Bonchev–Trinajstić information content (AvgIpc) is 1.95. The number of hydrogen-bond acceptors (Lipinski definition) is 1. The van der Waals surface area contributed by atoms with Crippen molar-refractivity contribution in [3.05, 3.63) is 11.1 Å². The zero-order chi connectivity index (χ0) is 8.27. The maximum absolute atomic E-state index is 11.0. The summed E-state index contributed by atoms with van der Waals surface area (Å²) in [5.41, 5.74) is 2.63. The lowest BCUT2D eigenvalue weighted by Crippen LogP contribution is -2.25. The van der Waals surface area contributed by atoms with Crippen molar-refractivity contribution in [2.75, 3.05) is 6.54 Å². The lowest BCUT2D eigenvalue weighted by atomic mass is 10.0. The van der Waals surface area contributed by atoms with E-state index in [0.29, 0.717) is 6.42 Å². The average molecular weight is 153 g/mol. The van der Waals surface area contributed by atoms with Crippen LogP contribution < -0.4 is 5.32 Å². The summed E-state index contributed by atoms with van der Waals surface area (Å²) in [5.74, 6) is 0.168. The maximum atomic E-state index is 11.0. The van der Waals surface area contributed by atoms with Crippen molar-refractivity contribution in [1.29, 1.82) is 0 Å². The van der Waals surface area contributed by atoms with Gasteiger partial charge in [-0.05, 0) is 26.7 Å². The molecule has 0 bridgehead atoms. The topological polar surface area (TPSA) is 29.1 Å². The predicted molar refractivity (Wildman–Crippen MR) is 45.2 cm³/mol. The van der Waals surface area contributed by atoms with Crippen LogP contribution in [0.1, 0.15) is 33.1 Å². The van der Waals surface area contributed by atoms with Crippen LogP contribution in [0, 0.1) is 0 Å². The Balaban J connectivity index is 2.67. The molecule has 1 rings (SSSR count). The van der Waals surface area contributed by atoms with E-state index in [1.807, 2.05) is 6.92 Å². The van der Waals surface area contributed by atoms with Gasteiger partial charge in [0.05, 0.1) is 0 Å². The number of allylic oxidation sites excluding steroid dienone is 1. The van der Waals surface area contributed by atoms with Crippen LogP contribution in [0.15, 0.2) is 11.1 Å². The van der Waals surface area contributed by atoms with Crippen molar-refractivity contribution in [3.63, 3.8) is 0 Å². The number of nitrogens with one attached hydrogen (secondary N) is 1. The first-order chi connectivity index (χ1) is 5.20. The minimum absolute atomic E-state index is 0.168. The molecule has 0 atom stereocenters. The molecule has 0 radical (unpaired) electrons. The zero-order valence-electron chi connectivity index (χ0n) is 7.24. The summed E-state index contributed by atoms with van der Waals surface area (Å²) < 4.78 is 0. The first kappa shape index (κ1) is 8.31. The first-order valence-corrected chi connectivity index (χ1v) is 4.12. The molecule has 2 heteroatoms. The Bertz CT molecular complexity index is 194. The van der Waals surface area contributed by atoms with Gasteiger partial charge >= 0.3 is 0 Å². The molecular weight excluding hydrogens is 138 g/mol. The van der Waals surface area contributed by atoms with Crippen molar-refractivity contribution in [2.24, 2.45) is 0 Å². The van der Waals surface area contributed by atoms with E-state index < -0.39 is 0 Å². The minimum Gasteiger partial charge on any atom is -0.356 e. The summed E-state index contributed by atoms with van der Waals surface area (Å²) in [5, 5.41) is 2.86. The SMILES string of the molecule is C/C1=C(\C)CC(=O)NCCC1. The van der Waals surface area contributed by atoms with Gasteiger partial charge in [-0.2, -0.15) is 0 Å². The van der Waals surface area contributed by atoms with Gasteiger partial charge in [-0.15, -0.1) is 0 Å². The Morgan fingerprint density at radius 1 is 1.27 bits per heavy atom. The summed E-state index contributed by atoms with van der Waals surface area (Å²) >= 11 is 0. The number of rotatable bonds is 0. The molecule has 1 heterocycles. The molecule has 0 aliphatic carbocycles. The van der Waals surface area contributed by atoms with Crippen molar-refractivity contribution in [2.45, 2.75) is 33.1 Å². The minimum atomic E-state index is 0.168. The lowest BCUT2D eigenvalue weighted by Gasteiger charge is -2.12. The fraction of sp³-hybridized carbons (Fsp3) is 0.667. The molecule has 11 heavy (non-hydrogen) atoms. The highest BCUT2D eigenvalue weighted by Crippen LogP contribution is 2.14. The van der Waals surface area contributed by atoms with Crippen molar-refractivity contribution in [3.8, 4) is 0 Å². The third kappa shape index (κ3) is 2.37. The Hall–Kier alpha value is -0.790.